The lowest BCUT2D eigenvalue weighted by Gasteiger charge is -2.44. The maximum atomic E-state index is 4.36. The van der Waals surface area contributed by atoms with Gasteiger partial charge < -0.3 is 9.80 Å². The summed E-state index contributed by atoms with van der Waals surface area (Å²) in [4.78, 5) is 21.4. The molecule has 2 aromatic rings. The van der Waals surface area contributed by atoms with Gasteiger partial charge in [-0.25, -0.2) is 15.0 Å². The molecule has 0 amide bonds. The van der Waals surface area contributed by atoms with E-state index in [0.717, 1.165) is 36.8 Å². The summed E-state index contributed by atoms with van der Waals surface area (Å²) in [6, 6.07) is 2.52. The second-order valence-electron chi connectivity index (χ2n) is 4.95. The highest BCUT2D eigenvalue weighted by Gasteiger charge is 2.31. The van der Waals surface area contributed by atoms with Crippen LogP contribution >= 0.6 is 0 Å². The minimum atomic E-state index is 0.455. The summed E-state index contributed by atoms with van der Waals surface area (Å²) >= 11 is 0. The molecule has 1 aliphatic rings. The van der Waals surface area contributed by atoms with E-state index in [9.17, 15) is 0 Å². The predicted molar refractivity (Wildman–Crippen MR) is 77.8 cm³/mol. The maximum Gasteiger partial charge on any atom is 0.147 e. The van der Waals surface area contributed by atoms with Gasteiger partial charge in [0.2, 0.25) is 0 Å². The van der Waals surface area contributed by atoms with Crippen LogP contribution in [0.2, 0.25) is 0 Å². The van der Waals surface area contributed by atoms with Crippen LogP contribution < -0.4 is 9.80 Å². The van der Waals surface area contributed by atoms with Crippen molar-refractivity contribution in [3.05, 3.63) is 36.7 Å². The van der Waals surface area contributed by atoms with Crippen molar-refractivity contribution in [3.63, 3.8) is 0 Å². The van der Waals surface area contributed by atoms with E-state index in [1.54, 1.807) is 24.9 Å². The molecule has 0 spiro atoms. The Bertz CT molecular complexity index is 567. The fraction of sp³-hybridized carbons (Fsp3) is 0.429. The fourth-order valence-corrected chi connectivity index (χ4v) is 2.30. The van der Waals surface area contributed by atoms with E-state index in [1.165, 1.54) is 0 Å². The van der Waals surface area contributed by atoms with E-state index in [2.05, 4.69) is 49.8 Å². The van der Waals surface area contributed by atoms with Crippen molar-refractivity contribution >= 4 is 11.6 Å². The third-order valence-electron chi connectivity index (χ3n) is 3.72. The number of aromatic nitrogens is 4. The van der Waals surface area contributed by atoms with Gasteiger partial charge in [-0.05, 0) is 6.42 Å². The Kier molecular flexibility index (Phi) is 3.45. The Labute approximate surface area is 118 Å². The molecule has 6 heteroatoms. The van der Waals surface area contributed by atoms with Crippen molar-refractivity contribution in [2.45, 2.75) is 19.4 Å². The zero-order valence-corrected chi connectivity index (χ0v) is 11.8. The van der Waals surface area contributed by atoms with Crippen LogP contribution in [0, 0.1) is 0 Å². The van der Waals surface area contributed by atoms with E-state index in [-0.39, 0.29) is 0 Å². The topological polar surface area (TPSA) is 58.0 Å². The van der Waals surface area contributed by atoms with E-state index >= 15 is 0 Å². The lowest BCUT2D eigenvalue weighted by molar-refractivity contribution is 0.488. The van der Waals surface area contributed by atoms with Gasteiger partial charge in [0.05, 0.1) is 12.2 Å². The molecule has 0 unspecified atom stereocenters. The molecular formula is C14H18N6. The molecule has 104 valence electrons. The van der Waals surface area contributed by atoms with Gasteiger partial charge in [0.15, 0.2) is 0 Å². The molecule has 3 heterocycles. The molecule has 0 aromatic carbocycles. The zero-order valence-electron chi connectivity index (χ0n) is 11.8. The molecule has 2 aromatic heterocycles. The molecule has 0 radical (unpaired) electrons. The van der Waals surface area contributed by atoms with Crippen molar-refractivity contribution in [1.82, 2.24) is 19.9 Å². The van der Waals surface area contributed by atoms with Gasteiger partial charge in [0.25, 0.3) is 0 Å². The number of anilines is 2. The minimum Gasteiger partial charge on any atom is -0.353 e. The molecule has 0 N–H and O–H groups in total. The average Bonchev–Trinajstić information content (AvgIpc) is 2.47. The molecule has 1 fully saturated rings. The van der Waals surface area contributed by atoms with Crippen LogP contribution in [0.3, 0.4) is 0 Å². The first-order valence-electron chi connectivity index (χ1n) is 6.82. The van der Waals surface area contributed by atoms with E-state index in [1.807, 2.05) is 0 Å². The van der Waals surface area contributed by atoms with Gasteiger partial charge in [0, 0.05) is 44.3 Å². The van der Waals surface area contributed by atoms with Gasteiger partial charge in [-0.3, -0.25) is 4.98 Å². The smallest absolute Gasteiger partial charge is 0.147 e. The monoisotopic (exact) mass is 270 g/mol. The van der Waals surface area contributed by atoms with Crippen molar-refractivity contribution < 1.29 is 0 Å². The van der Waals surface area contributed by atoms with Crippen LogP contribution in [0.5, 0.6) is 0 Å². The molecule has 0 aliphatic carbocycles. The predicted octanol–water partition coefficient (Wildman–Crippen LogP) is 1.15. The standard InChI is InChI=1S/C14H18N6/c1-3-11-6-13(18-10-17-11)19(2)12-8-20(9-12)14-7-15-4-5-16-14/h4-7,10,12H,3,8-9H2,1-2H3. The highest BCUT2D eigenvalue weighted by Crippen LogP contribution is 2.23. The van der Waals surface area contributed by atoms with Crippen molar-refractivity contribution in [2.75, 3.05) is 29.9 Å². The quantitative estimate of drug-likeness (QED) is 0.831. The van der Waals surface area contributed by atoms with E-state index in [4.69, 9.17) is 0 Å². The van der Waals surface area contributed by atoms with E-state index in [0.29, 0.717) is 6.04 Å². The molecule has 1 saturated heterocycles. The SMILES string of the molecule is CCc1cc(N(C)C2CN(c3cnccn3)C2)ncn1. The van der Waals surface area contributed by atoms with E-state index < -0.39 is 0 Å². The molecule has 1 aliphatic heterocycles. The van der Waals surface area contributed by atoms with Crippen molar-refractivity contribution in [3.8, 4) is 0 Å². The Morgan fingerprint density at radius 2 is 2.10 bits per heavy atom. The Hall–Kier alpha value is -2.24. The molecule has 20 heavy (non-hydrogen) atoms. The normalized spacial score (nSPS) is 15.0. The molecule has 0 bridgehead atoms. The fourth-order valence-electron chi connectivity index (χ4n) is 2.30. The third-order valence-corrected chi connectivity index (χ3v) is 3.72. The third kappa shape index (κ3) is 2.41. The van der Waals surface area contributed by atoms with Gasteiger partial charge in [-0.15, -0.1) is 0 Å². The molecule has 6 nitrogen and oxygen atoms in total. The van der Waals surface area contributed by atoms with Gasteiger partial charge >= 0.3 is 0 Å². The number of rotatable bonds is 4. The number of hydrogen-bond acceptors (Lipinski definition) is 6. The summed E-state index contributed by atoms with van der Waals surface area (Å²) in [6.45, 7) is 3.99. The summed E-state index contributed by atoms with van der Waals surface area (Å²) in [5.41, 5.74) is 1.08. The molecule has 0 atom stereocenters. The lowest BCUT2D eigenvalue weighted by Crippen LogP contribution is -2.59. The number of likely N-dealkylation sites (N-methyl/N-ethyl adjacent to an activating group) is 1. The van der Waals surface area contributed by atoms with Crippen LogP contribution in [0.15, 0.2) is 31.0 Å². The first-order chi connectivity index (χ1) is 9.78. The van der Waals surface area contributed by atoms with Crippen LogP contribution in [0.4, 0.5) is 11.6 Å². The van der Waals surface area contributed by atoms with Gasteiger partial charge in [0.1, 0.15) is 18.0 Å². The number of nitrogens with zero attached hydrogens (tertiary/aromatic N) is 6. The van der Waals surface area contributed by atoms with Crippen molar-refractivity contribution in [1.29, 1.82) is 0 Å². The van der Waals surface area contributed by atoms with Gasteiger partial charge in [-0.1, -0.05) is 6.92 Å². The highest BCUT2D eigenvalue weighted by molar-refractivity contribution is 5.47. The summed E-state index contributed by atoms with van der Waals surface area (Å²) < 4.78 is 0. The molecular weight excluding hydrogens is 252 g/mol. The molecule has 0 saturated carbocycles. The first-order valence-corrected chi connectivity index (χ1v) is 6.82. The largest absolute Gasteiger partial charge is 0.353 e. The average molecular weight is 270 g/mol. The summed E-state index contributed by atoms with van der Waals surface area (Å²) in [6.07, 6.45) is 7.80. The lowest BCUT2D eigenvalue weighted by atomic mass is 10.1. The van der Waals surface area contributed by atoms with Crippen LogP contribution in [0.25, 0.3) is 0 Å². The minimum absolute atomic E-state index is 0.455. The maximum absolute atomic E-state index is 4.36. The highest BCUT2D eigenvalue weighted by atomic mass is 15.3. The van der Waals surface area contributed by atoms with Crippen molar-refractivity contribution in [2.24, 2.45) is 0 Å². The summed E-state index contributed by atoms with van der Waals surface area (Å²) in [7, 11) is 2.08. The van der Waals surface area contributed by atoms with Crippen LogP contribution in [0.1, 0.15) is 12.6 Å². The number of hydrogen-bond donors (Lipinski definition) is 0. The zero-order chi connectivity index (χ0) is 13.9. The van der Waals surface area contributed by atoms with Gasteiger partial charge in [-0.2, -0.15) is 0 Å². The Morgan fingerprint density at radius 1 is 1.25 bits per heavy atom. The molecule has 3 rings (SSSR count). The second-order valence-corrected chi connectivity index (χ2v) is 4.95. The van der Waals surface area contributed by atoms with Crippen LogP contribution in [-0.2, 0) is 6.42 Å². The Morgan fingerprint density at radius 3 is 2.80 bits per heavy atom. The summed E-state index contributed by atoms with van der Waals surface area (Å²) in [5.74, 6) is 1.93. The Balaban J connectivity index is 1.64. The number of aryl methyl sites for hydroxylation is 1. The summed E-state index contributed by atoms with van der Waals surface area (Å²) in [5, 5.41) is 0. The first kappa shape index (κ1) is 12.8. The van der Waals surface area contributed by atoms with Crippen LogP contribution in [-0.4, -0.2) is 46.1 Å². The second kappa shape index (κ2) is 5.40.